The van der Waals surface area contributed by atoms with Crippen LogP contribution in [-0.4, -0.2) is 0 Å². The van der Waals surface area contributed by atoms with Crippen molar-refractivity contribution in [1.82, 2.24) is 0 Å². The van der Waals surface area contributed by atoms with E-state index in [2.05, 4.69) is 205 Å². The minimum Gasteiger partial charge on any atom is -0.309 e. The molecule has 0 aliphatic carbocycles. The average molecular weight is 736 g/mol. The second-order valence-electron chi connectivity index (χ2n) is 14.1. The molecule has 0 fully saturated rings. The molecular weight excluding hydrogens is 703 g/mol. The Balaban J connectivity index is 1.14. The molecule has 2 aromatic heterocycles. The Morgan fingerprint density at radius 2 is 0.836 bits per heavy atom. The molecule has 55 heavy (non-hydrogen) atoms. The van der Waals surface area contributed by atoms with Crippen LogP contribution in [0.15, 0.2) is 200 Å². The van der Waals surface area contributed by atoms with Crippen molar-refractivity contribution >= 4 is 90.9 Å². The monoisotopic (exact) mass is 735 g/mol. The van der Waals surface area contributed by atoms with Gasteiger partial charge in [0.15, 0.2) is 0 Å². The fraction of sp³-hybridized carbons (Fsp3) is 0. The number of nitrogens with zero attached hydrogens (tertiary/aromatic N) is 1. The fourth-order valence-electron chi connectivity index (χ4n) is 8.30. The minimum absolute atomic E-state index is 1.11. The molecule has 11 aromatic rings. The van der Waals surface area contributed by atoms with Crippen LogP contribution in [0.25, 0.3) is 84.5 Å². The topological polar surface area (TPSA) is 3.24 Å². The molecule has 9 aromatic carbocycles. The molecule has 0 N–H and O–H groups in total. The summed E-state index contributed by atoms with van der Waals surface area (Å²) in [5.74, 6) is 0. The van der Waals surface area contributed by atoms with Gasteiger partial charge in [0.25, 0.3) is 0 Å². The highest BCUT2D eigenvalue weighted by Crippen LogP contribution is 2.47. The van der Waals surface area contributed by atoms with Crippen molar-refractivity contribution in [2.45, 2.75) is 0 Å². The Labute approximate surface area is 327 Å². The fourth-order valence-corrected chi connectivity index (χ4v) is 10.5. The third-order valence-electron chi connectivity index (χ3n) is 10.9. The smallest absolute Gasteiger partial charge is 0.0540 e. The predicted octanol–water partition coefficient (Wildman–Crippen LogP) is 16.0. The third kappa shape index (κ3) is 5.43. The molecule has 0 saturated carbocycles. The van der Waals surface area contributed by atoms with Crippen LogP contribution in [-0.2, 0) is 0 Å². The molecule has 3 heteroatoms. The maximum Gasteiger partial charge on any atom is 0.0540 e. The summed E-state index contributed by atoms with van der Waals surface area (Å²) < 4.78 is 5.26. The van der Waals surface area contributed by atoms with E-state index in [0.29, 0.717) is 0 Å². The average Bonchev–Trinajstić information content (AvgIpc) is 3.82. The van der Waals surface area contributed by atoms with Gasteiger partial charge in [-0.1, -0.05) is 146 Å². The maximum absolute atomic E-state index is 2.48. The number of anilines is 3. The molecule has 258 valence electrons. The lowest BCUT2D eigenvalue weighted by molar-refractivity contribution is 1.28. The minimum atomic E-state index is 1.11. The summed E-state index contributed by atoms with van der Waals surface area (Å²) in [6.45, 7) is 0. The van der Waals surface area contributed by atoms with Crippen molar-refractivity contribution in [2.75, 3.05) is 4.90 Å². The van der Waals surface area contributed by atoms with Gasteiger partial charge in [-0.3, -0.25) is 0 Å². The van der Waals surface area contributed by atoms with E-state index in [1.54, 1.807) is 0 Å². The van der Waals surface area contributed by atoms with Crippen LogP contribution < -0.4 is 4.90 Å². The van der Waals surface area contributed by atoms with Crippen molar-refractivity contribution < 1.29 is 0 Å². The highest BCUT2D eigenvalue weighted by molar-refractivity contribution is 7.26. The molecular formula is C52H33NS2. The quantitative estimate of drug-likeness (QED) is 0.164. The number of hydrogen-bond donors (Lipinski definition) is 0. The number of para-hydroxylation sites is 2. The number of rotatable bonds is 6. The molecule has 2 heterocycles. The molecule has 0 radical (unpaired) electrons. The molecule has 0 saturated heterocycles. The zero-order valence-corrected chi connectivity index (χ0v) is 31.4. The van der Waals surface area contributed by atoms with Gasteiger partial charge in [-0.2, -0.15) is 0 Å². The van der Waals surface area contributed by atoms with Gasteiger partial charge in [-0.25, -0.2) is 0 Å². The van der Waals surface area contributed by atoms with E-state index in [-0.39, 0.29) is 0 Å². The van der Waals surface area contributed by atoms with E-state index in [9.17, 15) is 0 Å². The predicted molar refractivity (Wildman–Crippen MR) is 241 cm³/mol. The lowest BCUT2D eigenvalue weighted by Crippen LogP contribution is -2.12. The highest BCUT2D eigenvalue weighted by atomic mass is 32.1. The zero-order chi connectivity index (χ0) is 36.3. The van der Waals surface area contributed by atoms with Crippen molar-refractivity contribution in [1.29, 1.82) is 0 Å². The first kappa shape index (κ1) is 32.0. The summed E-state index contributed by atoms with van der Waals surface area (Å²) >= 11 is 3.73. The Morgan fingerprint density at radius 1 is 0.291 bits per heavy atom. The number of hydrogen-bond acceptors (Lipinski definition) is 3. The lowest BCUT2D eigenvalue weighted by atomic mass is 9.95. The molecule has 0 aliphatic heterocycles. The van der Waals surface area contributed by atoms with Crippen LogP contribution in [0.3, 0.4) is 0 Å². The molecule has 0 amide bonds. The molecule has 0 spiro atoms. The van der Waals surface area contributed by atoms with Crippen LogP contribution >= 0.6 is 22.7 Å². The van der Waals surface area contributed by atoms with E-state index in [4.69, 9.17) is 0 Å². The first-order chi connectivity index (χ1) is 27.3. The molecule has 0 aliphatic rings. The van der Waals surface area contributed by atoms with Gasteiger partial charge in [-0.15, -0.1) is 22.7 Å². The third-order valence-corrected chi connectivity index (χ3v) is 13.2. The van der Waals surface area contributed by atoms with Gasteiger partial charge in [0, 0.05) is 57.2 Å². The van der Waals surface area contributed by atoms with Crippen LogP contribution in [0.5, 0.6) is 0 Å². The van der Waals surface area contributed by atoms with Crippen LogP contribution in [0.1, 0.15) is 0 Å². The number of fused-ring (bicyclic) bond motifs is 7. The molecule has 0 unspecified atom stereocenters. The van der Waals surface area contributed by atoms with Crippen molar-refractivity contribution in [3.63, 3.8) is 0 Å². The first-order valence-corrected chi connectivity index (χ1v) is 20.3. The maximum atomic E-state index is 2.48. The van der Waals surface area contributed by atoms with Crippen LogP contribution in [0, 0.1) is 0 Å². The SMILES string of the molecule is c1cc(-c2ccc3c(c2)sc2ccccc23)cc(N(c2ccccc2-c2ccc3sc4ccccc4c3c2)c2ccccc2-c2cccc3ccccc23)c1. The summed E-state index contributed by atoms with van der Waals surface area (Å²) in [6, 6.07) is 73.6. The Hall–Kier alpha value is -6.52. The largest absolute Gasteiger partial charge is 0.309 e. The summed E-state index contributed by atoms with van der Waals surface area (Å²) in [7, 11) is 0. The van der Waals surface area contributed by atoms with Gasteiger partial charge in [0.2, 0.25) is 0 Å². The van der Waals surface area contributed by atoms with Crippen LogP contribution in [0.4, 0.5) is 17.1 Å². The summed E-state index contributed by atoms with van der Waals surface area (Å²) in [5, 5.41) is 7.72. The lowest BCUT2D eigenvalue weighted by Gasteiger charge is -2.30. The Bertz CT molecular complexity index is 3230. The highest BCUT2D eigenvalue weighted by Gasteiger charge is 2.22. The van der Waals surface area contributed by atoms with Gasteiger partial charge in [0.05, 0.1) is 11.4 Å². The van der Waals surface area contributed by atoms with Gasteiger partial charge in [-0.05, 0) is 87.6 Å². The first-order valence-electron chi connectivity index (χ1n) is 18.7. The zero-order valence-electron chi connectivity index (χ0n) is 29.8. The molecule has 0 bridgehead atoms. The molecule has 0 atom stereocenters. The van der Waals surface area contributed by atoms with Gasteiger partial charge in [0.1, 0.15) is 0 Å². The van der Waals surface area contributed by atoms with E-state index >= 15 is 0 Å². The van der Waals surface area contributed by atoms with E-state index < -0.39 is 0 Å². The summed E-state index contributed by atoms with van der Waals surface area (Å²) in [6.07, 6.45) is 0. The normalized spacial score (nSPS) is 11.6. The summed E-state index contributed by atoms with van der Waals surface area (Å²) in [5.41, 5.74) is 10.6. The van der Waals surface area contributed by atoms with E-state index in [0.717, 1.165) is 17.1 Å². The second kappa shape index (κ2) is 13.1. The number of benzene rings is 9. The standard InChI is InChI=1S/C52H33NS2/c1-2-17-39-34(13-1)14-12-22-41(39)42-19-4-8-24-48(42)53(38-16-11-15-35(31-38)36-27-29-45-43-20-5-9-25-49(43)55-52(45)33-36)47-23-7-3-18-40(47)37-28-30-51-46(32-37)44-21-6-10-26-50(44)54-51/h1-33H. The molecule has 1 nitrogen and oxygen atoms in total. The second-order valence-corrected chi connectivity index (χ2v) is 16.2. The van der Waals surface area contributed by atoms with Crippen LogP contribution in [0.2, 0.25) is 0 Å². The molecule has 11 rings (SSSR count). The van der Waals surface area contributed by atoms with Crippen molar-refractivity contribution in [3.05, 3.63) is 200 Å². The van der Waals surface area contributed by atoms with Gasteiger partial charge < -0.3 is 4.90 Å². The Morgan fingerprint density at radius 3 is 1.67 bits per heavy atom. The van der Waals surface area contributed by atoms with E-state index in [1.807, 2.05) is 22.7 Å². The van der Waals surface area contributed by atoms with E-state index in [1.165, 1.54) is 84.5 Å². The van der Waals surface area contributed by atoms with Gasteiger partial charge >= 0.3 is 0 Å². The Kier molecular flexibility index (Phi) is 7.61. The van der Waals surface area contributed by atoms with Crippen molar-refractivity contribution in [3.8, 4) is 33.4 Å². The van der Waals surface area contributed by atoms with Crippen molar-refractivity contribution in [2.24, 2.45) is 0 Å². The number of thiophene rings is 2. The summed E-state index contributed by atoms with van der Waals surface area (Å²) in [4.78, 5) is 2.48.